The van der Waals surface area contributed by atoms with Crippen LogP contribution in [0, 0.1) is 11.8 Å². The molecule has 6 heteroatoms. The minimum Gasteiger partial charge on any atom is -0.329 e. The molecule has 3 nitrogen and oxygen atoms in total. The number of benzene rings is 2. The zero-order chi connectivity index (χ0) is 18.6. The van der Waals surface area contributed by atoms with Crippen LogP contribution < -0.4 is 5.32 Å². The molecule has 0 saturated carbocycles. The number of amides is 1. The van der Waals surface area contributed by atoms with Crippen molar-refractivity contribution in [3.63, 3.8) is 0 Å². The Balaban J connectivity index is 1.91. The van der Waals surface area contributed by atoms with E-state index in [1.165, 1.54) is 12.1 Å². The standard InChI is InChI=1S/C20H17F3N2O/c21-20(22,23)18-14-15(6-8-17(18)16-4-2-1-3-5-16)7-9-19(26)25-12-10-24-11-13-25/h1-6,8,14,24H,10-13H2. The Kier molecular flexibility index (Phi) is 5.29. The summed E-state index contributed by atoms with van der Waals surface area (Å²) in [5, 5.41) is 3.12. The molecule has 0 unspecified atom stereocenters. The van der Waals surface area contributed by atoms with Crippen molar-refractivity contribution in [1.82, 2.24) is 10.2 Å². The molecule has 2 aromatic carbocycles. The van der Waals surface area contributed by atoms with Crippen LogP contribution in [0.1, 0.15) is 11.1 Å². The maximum Gasteiger partial charge on any atom is 0.417 e. The Bertz CT molecular complexity index is 845. The molecule has 26 heavy (non-hydrogen) atoms. The summed E-state index contributed by atoms with van der Waals surface area (Å²) in [6.07, 6.45) is -4.51. The zero-order valence-corrected chi connectivity index (χ0v) is 13.9. The second-order valence-electron chi connectivity index (χ2n) is 5.92. The lowest BCUT2D eigenvalue weighted by atomic mass is 9.97. The van der Waals surface area contributed by atoms with Crippen molar-refractivity contribution < 1.29 is 18.0 Å². The number of nitrogens with zero attached hydrogens (tertiary/aromatic N) is 1. The average Bonchev–Trinajstić information content (AvgIpc) is 2.66. The Labute approximate surface area is 149 Å². The van der Waals surface area contributed by atoms with Gasteiger partial charge in [0.25, 0.3) is 5.91 Å². The van der Waals surface area contributed by atoms with Gasteiger partial charge in [0, 0.05) is 37.7 Å². The second kappa shape index (κ2) is 7.63. The van der Waals surface area contributed by atoms with Gasteiger partial charge in [-0.05, 0) is 23.3 Å². The molecule has 1 heterocycles. The first-order chi connectivity index (χ1) is 12.4. The SMILES string of the molecule is O=C(C#Cc1ccc(-c2ccccc2)c(C(F)(F)F)c1)N1CCNCC1. The molecule has 1 saturated heterocycles. The summed E-state index contributed by atoms with van der Waals surface area (Å²) in [5.41, 5.74) is -0.0149. The monoisotopic (exact) mass is 358 g/mol. The lowest BCUT2D eigenvalue weighted by molar-refractivity contribution is -0.137. The Morgan fingerprint density at radius 3 is 2.38 bits per heavy atom. The summed E-state index contributed by atoms with van der Waals surface area (Å²) in [6.45, 7) is 2.48. The predicted molar refractivity (Wildman–Crippen MR) is 93.2 cm³/mol. The summed E-state index contributed by atoms with van der Waals surface area (Å²) in [5.74, 6) is 4.65. The molecule has 134 valence electrons. The highest BCUT2D eigenvalue weighted by Gasteiger charge is 2.33. The molecular weight excluding hydrogens is 341 g/mol. The predicted octanol–water partition coefficient (Wildman–Crippen LogP) is 3.16. The normalized spacial score (nSPS) is 14.5. The van der Waals surface area contributed by atoms with E-state index in [1.54, 1.807) is 35.2 Å². The Morgan fingerprint density at radius 2 is 1.73 bits per heavy atom. The lowest BCUT2D eigenvalue weighted by Crippen LogP contribution is -2.46. The van der Waals surface area contributed by atoms with E-state index in [4.69, 9.17) is 0 Å². The molecule has 1 amide bonds. The van der Waals surface area contributed by atoms with E-state index in [1.807, 2.05) is 0 Å². The number of carbonyl (C=O) groups is 1. The van der Waals surface area contributed by atoms with Gasteiger partial charge in [0.1, 0.15) is 0 Å². The highest BCUT2D eigenvalue weighted by molar-refractivity contribution is 5.94. The van der Waals surface area contributed by atoms with Gasteiger partial charge < -0.3 is 10.2 Å². The minimum absolute atomic E-state index is 0.0945. The molecule has 1 fully saturated rings. The minimum atomic E-state index is -4.51. The van der Waals surface area contributed by atoms with E-state index < -0.39 is 11.7 Å². The third kappa shape index (κ3) is 4.24. The van der Waals surface area contributed by atoms with Gasteiger partial charge in [-0.2, -0.15) is 13.2 Å². The van der Waals surface area contributed by atoms with Gasteiger partial charge in [-0.15, -0.1) is 0 Å². The van der Waals surface area contributed by atoms with Gasteiger partial charge in [0.2, 0.25) is 0 Å². The molecular formula is C20H17F3N2O. The van der Waals surface area contributed by atoms with E-state index in [0.29, 0.717) is 31.7 Å². The highest BCUT2D eigenvalue weighted by Crippen LogP contribution is 2.37. The summed E-state index contributed by atoms with van der Waals surface area (Å²) < 4.78 is 40.4. The number of piperazine rings is 1. The molecule has 0 spiro atoms. The highest BCUT2D eigenvalue weighted by atomic mass is 19.4. The number of rotatable bonds is 1. The molecule has 2 aromatic rings. The topological polar surface area (TPSA) is 32.3 Å². The largest absolute Gasteiger partial charge is 0.417 e. The van der Waals surface area contributed by atoms with Crippen molar-refractivity contribution in [2.24, 2.45) is 0 Å². The smallest absolute Gasteiger partial charge is 0.329 e. The van der Waals surface area contributed by atoms with Crippen LogP contribution in [0.25, 0.3) is 11.1 Å². The Morgan fingerprint density at radius 1 is 1.04 bits per heavy atom. The van der Waals surface area contributed by atoms with Crippen LogP contribution in [0.5, 0.6) is 0 Å². The molecule has 0 bridgehead atoms. The maximum atomic E-state index is 13.5. The van der Waals surface area contributed by atoms with Crippen molar-refractivity contribution in [2.45, 2.75) is 6.18 Å². The quantitative estimate of drug-likeness (QED) is 0.795. The van der Waals surface area contributed by atoms with Crippen molar-refractivity contribution in [3.8, 4) is 23.0 Å². The number of alkyl halides is 3. The van der Waals surface area contributed by atoms with Gasteiger partial charge in [-0.1, -0.05) is 42.3 Å². The second-order valence-corrected chi connectivity index (χ2v) is 5.92. The first-order valence-electron chi connectivity index (χ1n) is 8.23. The maximum absolute atomic E-state index is 13.5. The number of hydrogen-bond donors (Lipinski definition) is 1. The van der Waals surface area contributed by atoms with E-state index in [9.17, 15) is 18.0 Å². The first kappa shape index (κ1) is 18.0. The van der Waals surface area contributed by atoms with Gasteiger partial charge in [-0.25, -0.2) is 0 Å². The fourth-order valence-electron chi connectivity index (χ4n) is 2.80. The number of halogens is 3. The van der Waals surface area contributed by atoms with Crippen molar-refractivity contribution in [3.05, 3.63) is 59.7 Å². The van der Waals surface area contributed by atoms with Crippen LogP contribution in [0.2, 0.25) is 0 Å². The molecule has 0 aliphatic carbocycles. The fourth-order valence-corrected chi connectivity index (χ4v) is 2.80. The molecule has 3 rings (SSSR count). The molecule has 0 atom stereocenters. The van der Waals surface area contributed by atoms with Crippen LogP contribution in [-0.2, 0) is 11.0 Å². The lowest BCUT2D eigenvalue weighted by Gasteiger charge is -2.25. The van der Waals surface area contributed by atoms with Crippen LogP contribution in [-0.4, -0.2) is 37.0 Å². The van der Waals surface area contributed by atoms with Crippen LogP contribution in [0.4, 0.5) is 13.2 Å². The van der Waals surface area contributed by atoms with Crippen LogP contribution in [0.15, 0.2) is 48.5 Å². The first-order valence-corrected chi connectivity index (χ1v) is 8.23. The van der Waals surface area contributed by atoms with Crippen LogP contribution >= 0.6 is 0 Å². The van der Waals surface area contributed by atoms with Gasteiger partial charge in [0.15, 0.2) is 0 Å². The third-order valence-corrected chi connectivity index (χ3v) is 4.13. The molecule has 1 aliphatic heterocycles. The van der Waals surface area contributed by atoms with Gasteiger partial charge in [0.05, 0.1) is 5.56 Å². The van der Waals surface area contributed by atoms with E-state index >= 15 is 0 Å². The van der Waals surface area contributed by atoms with Crippen molar-refractivity contribution in [1.29, 1.82) is 0 Å². The fraction of sp³-hybridized carbons (Fsp3) is 0.250. The average molecular weight is 358 g/mol. The Hall–Kier alpha value is -2.78. The summed E-state index contributed by atoms with van der Waals surface area (Å²) in [6, 6.07) is 12.3. The summed E-state index contributed by atoms with van der Waals surface area (Å²) in [4.78, 5) is 13.6. The van der Waals surface area contributed by atoms with Crippen molar-refractivity contribution >= 4 is 5.91 Å². The zero-order valence-electron chi connectivity index (χ0n) is 13.9. The summed E-state index contributed by atoms with van der Waals surface area (Å²) in [7, 11) is 0. The molecule has 0 radical (unpaired) electrons. The van der Waals surface area contributed by atoms with Gasteiger partial charge >= 0.3 is 6.18 Å². The van der Waals surface area contributed by atoms with Gasteiger partial charge in [-0.3, -0.25) is 4.79 Å². The number of hydrogen-bond acceptors (Lipinski definition) is 2. The third-order valence-electron chi connectivity index (χ3n) is 4.13. The number of carbonyl (C=O) groups excluding carboxylic acids is 1. The van der Waals surface area contributed by atoms with E-state index in [0.717, 1.165) is 6.07 Å². The molecule has 1 N–H and O–H groups in total. The van der Waals surface area contributed by atoms with Crippen molar-refractivity contribution in [2.75, 3.05) is 26.2 Å². The van der Waals surface area contributed by atoms with E-state index in [2.05, 4.69) is 17.2 Å². The molecule has 0 aromatic heterocycles. The molecule has 1 aliphatic rings. The number of nitrogens with one attached hydrogen (secondary N) is 1. The van der Waals surface area contributed by atoms with Crippen LogP contribution in [0.3, 0.4) is 0 Å². The van der Waals surface area contributed by atoms with E-state index in [-0.39, 0.29) is 17.0 Å². The summed E-state index contributed by atoms with van der Waals surface area (Å²) >= 11 is 0.